The first-order valence-electron chi connectivity index (χ1n) is 10.4. The Labute approximate surface area is 188 Å². The summed E-state index contributed by atoms with van der Waals surface area (Å²) < 4.78 is 1.27. The molecule has 16 heteroatoms. The SMILES string of the molecule is CC1N=C(c2nc(N)n(-c3nnc(Nc4nc(N5N=NC(C)(C)C5(C)C)n[nH]4)nn3)n2)C1C. The van der Waals surface area contributed by atoms with E-state index < -0.39 is 11.1 Å². The van der Waals surface area contributed by atoms with Crippen molar-refractivity contribution in [1.29, 1.82) is 0 Å². The maximum absolute atomic E-state index is 5.97. The highest BCUT2D eigenvalue weighted by atomic mass is 15.7. The Bertz CT molecular complexity index is 1250. The van der Waals surface area contributed by atoms with Gasteiger partial charge in [-0.2, -0.15) is 19.8 Å². The molecular formula is C17H24N16. The number of nitrogens with zero attached hydrogens (tertiary/aromatic N) is 13. The summed E-state index contributed by atoms with van der Waals surface area (Å²) in [5.74, 6) is 1.67. The van der Waals surface area contributed by atoms with Crippen LogP contribution in [0.5, 0.6) is 0 Å². The summed E-state index contributed by atoms with van der Waals surface area (Å²) in [6.07, 6.45) is 0. The molecule has 2 unspecified atom stereocenters. The first-order valence-corrected chi connectivity index (χ1v) is 10.4. The number of aliphatic imine (C=N–C) groups is 1. The van der Waals surface area contributed by atoms with E-state index in [2.05, 4.69) is 73.2 Å². The number of hydrogen-bond acceptors (Lipinski definition) is 14. The number of anilines is 4. The van der Waals surface area contributed by atoms with Crippen LogP contribution in [-0.2, 0) is 0 Å². The van der Waals surface area contributed by atoms with E-state index in [1.165, 1.54) is 4.68 Å². The third-order valence-electron chi connectivity index (χ3n) is 6.32. The van der Waals surface area contributed by atoms with E-state index in [0.717, 1.165) is 5.71 Å². The van der Waals surface area contributed by atoms with Gasteiger partial charge in [0.25, 0.3) is 17.8 Å². The minimum Gasteiger partial charge on any atom is -0.368 e. The molecule has 16 nitrogen and oxygen atoms in total. The van der Waals surface area contributed by atoms with Crippen LogP contribution in [0.4, 0.5) is 23.8 Å². The normalized spacial score (nSPS) is 22.8. The van der Waals surface area contributed by atoms with Crippen LogP contribution in [-0.4, -0.2) is 73.2 Å². The molecular weight excluding hydrogens is 428 g/mol. The van der Waals surface area contributed by atoms with E-state index in [9.17, 15) is 0 Å². The molecule has 3 aromatic heterocycles. The quantitative estimate of drug-likeness (QED) is 0.495. The maximum Gasteiger partial charge on any atom is 0.292 e. The Morgan fingerprint density at radius 2 is 1.73 bits per heavy atom. The number of hydrogen-bond donors (Lipinski definition) is 3. The third-order valence-corrected chi connectivity index (χ3v) is 6.32. The molecule has 33 heavy (non-hydrogen) atoms. The van der Waals surface area contributed by atoms with Gasteiger partial charge in [-0.25, -0.2) is 10.1 Å². The van der Waals surface area contributed by atoms with Gasteiger partial charge in [0.15, 0.2) is 5.82 Å². The standard InChI is InChI=1S/C17H24N16/c1-7-8(2)19-9(7)10-20-11(18)32(29-10)15-27-24-13(25-28-15)21-12-22-14(26-23-12)33-17(5,6)16(3,4)30-31-33/h7-8H,1-6H3,(H2,18,20,29)(H2,21,22,23,24,25,26). The van der Waals surface area contributed by atoms with Crippen LogP contribution in [0.3, 0.4) is 0 Å². The predicted molar refractivity (Wildman–Crippen MR) is 117 cm³/mol. The number of nitrogens with two attached hydrogens (primary N) is 1. The molecule has 2 aliphatic rings. The maximum atomic E-state index is 5.97. The number of nitrogen functional groups attached to an aromatic ring is 1. The zero-order chi connectivity index (χ0) is 23.5. The molecule has 4 N–H and O–H groups in total. The first kappa shape index (κ1) is 20.8. The van der Waals surface area contributed by atoms with E-state index in [1.54, 1.807) is 5.01 Å². The number of aromatic nitrogens is 10. The van der Waals surface area contributed by atoms with Crippen molar-refractivity contribution in [2.24, 2.45) is 21.2 Å². The van der Waals surface area contributed by atoms with Crippen LogP contribution in [0.25, 0.3) is 5.95 Å². The Morgan fingerprint density at radius 3 is 2.33 bits per heavy atom. The van der Waals surface area contributed by atoms with Crippen LogP contribution in [0, 0.1) is 5.92 Å². The van der Waals surface area contributed by atoms with Crippen molar-refractivity contribution in [2.45, 2.75) is 58.7 Å². The summed E-state index contributed by atoms with van der Waals surface area (Å²) >= 11 is 0. The minimum absolute atomic E-state index is 0.0807. The summed E-state index contributed by atoms with van der Waals surface area (Å²) in [5.41, 5.74) is 5.98. The molecule has 0 saturated heterocycles. The summed E-state index contributed by atoms with van der Waals surface area (Å²) in [6, 6.07) is 0.237. The van der Waals surface area contributed by atoms with Gasteiger partial charge in [0, 0.05) is 5.92 Å². The molecule has 0 spiro atoms. The molecule has 0 radical (unpaired) electrons. The van der Waals surface area contributed by atoms with Crippen LogP contribution >= 0.6 is 0 Å². The van der Waals surface area contributed by atoms with Gasteiger partial charge in [0.2, 0.25) is 11.9 Å². The van der Waals surface area contributed by atoms with Crippen molar-refractivity contribution in [2.75, 3.05) is 16.1 Å². The molecule has 0 aliphatic carbocycles. The highest BCUT2D eigenvalue weighted by molar-refractivity contribution is 6.03. The Hall–Kier alpha value is -4.11. The Kier molecular flexibility index (Phi) is 4.37. The van der Waals surface area contributed by atoms with Gasteiger partial charge < -0.3 is 5.73 Å². The van der Waals surface area contributed by atoms with Gasteiger partial charge in [-0.1, -0.05) is 12.1 Å². The Morgan fingerprint density at radius 1 is 1.00 bits per heavy atom. The Balaban J connectivity index is 1.31. The fraction of sp³-hybridized carbons (Fsp3) is 0.588. The first-order chi connectivity index (χ1) is 15.6. The lowest BCUT2D eigenvalue weighted by Crippen LogP contribution is -2.51. The molecule has 2 atom stereocenters. The monoisotopic (exact) mass is 452 g/mol. The van der Waals surface area contributed by atoms with Gasteiger partial charge in [0.1, 0.15) is 5.54 Å². The molecule has 0 bridgehead atoms. The molecule has 3 aromatic rings. The second kappa shape index (κ2) is 6.94. The van der Waals surface area contributed by atoms with Crippen molar-refractivity contribution in [3.05, 3.63) is 5.82 Å². The van der Waals surface area contributed by atoms with E-state index in [0.29, 0.717) is 17.7 Å². The van der Waals surface area contributed by atoms with E-state index in [1.807, 2.05) is 34.6 Å². The van der Waals surface area contributed by atoms with Crippen molar-refractivity contribution in [3.63, 3.8) is 0 Å². The zero-order valence-corrected chi connectivity index (χ0v) is 19.0. The van der Waals surface area contributed by atoms with Crippen LogP contribution < -0.4 is 16.1 Å². The van der Waals surface area contributed by atoms with E-state index in [-0.39, 0.29) is 29.8 Å². The van der Waals surface area contributed by atoms with Crippen molar-refractivity contribution in [1.82, 2.24) is 50.3 Å². The highest BCUT2D eigenvalue weighted by Crippen LogP contribution is 2.39. The topological polar surface area (TPSA) is 202 Å². The van der Waals surface area contributed by atoms with Gasteiger partial charge >= 0.3 is 0 Å². The molecule has 0 amide bonds. The summed E-state index contributed by atoms with van der Waals surface area (Å²) in [5, 5.41) is 40.5. The molecule has 2 aliphatic heterocycles. The third kappa shape index (κ3) is 3.25. The molecule has 0 fully saturated rings. The number of aromatic amines is 1. The summed E-state index contributed by atoms with van der Waals surface area (Å²) in [6.45, 7) is 12.1. The lowest BCUT2D eigenvalue weighted by Gasteiger charge is -2.35. The summed E-state index contributed by atoms with van der Waals surface area (Å²) in [7, 11) is 0. The molecule has 0 aromatic carbocycles. The number of H-pyrrole nitrogens is 1. The highest BCUT2D eigenvalue weighted by Gasteiger charge is 2.49. The fourth-order valence-electron chi connectivity index (χ4n) is 3.24. The zero-order valence-electron chi connectivity index (χ0n) is 19.0. The summed E-state index contributed by atoms with van der Waals surface area (Å²) in [4.78, 5) is 13.1. The van der Waals surface area contributed by atoms with Crippen LogP contribution in [0.15, 0.2) is 15.3 Å². The second-order valence-electron chi connectivity index (χ2n) is 9.00. The van der Waals surface area contributed by atoms with Crippen molar-refractivity contribution >= 4 is 29.5 Å². The average molecular weight is 452 g/mol. The van der Waals surface area contributed by atoms with Crippen LogP contribution in [0.1, 0.15) is 47.4 Å². The lowest BCUT2D eigenvalue weighted by atomic mass is 9.83. The predicted octanol–water partition coefficient (Wildman–Crippen LogP) is 0.863. The van der Waals surface area contributed by atoms with Gasteiger partial charge in [-0.05, 0) is 34.6 Å². The lowest BCUT2D eigenvalue weighted by molar-refractivity contribution is 0.333. The molecule has 0 saturated carbocycles. The number of rotatable bonds is 5. The van der Waals surface area contributed by atoms with Gasteiger partial charge in [-0.3, -0.25) is 10.3 Å². The van der Waals surface area contributed by atoms with E-state index >= 15 is 0 Å². The van der Waals surface area contributed by atoms with E-state index in [4.69, 9.17) is 5.73 Å². The van der Waals surface area contributed by atoms with Gasteiger partial charge in [-0.15, -0.1) is 30.6 Å². The average Bonchev–Trinajstić information content (AvgIpc) is 3.43. The second-order valence-corrected chi connectivity index (χ2v) is 9.00. The van der Waals surface area contributed by atoms with Crippen molar-refractivity contribution < 1.29 is 0 Å². The van der Waals surface area contributed by atoms with Crippen molar-refractivity contribution in [3.8, 4) is 5.95 Å². The fourth-order valence-corrected chi connectivity index (χ4v) is 3.24. The van der Waals surface area contributed by atoms with Gasteiger partial charge in [0.05, 0.1) is 17.3 Å². The smallest absolute Gasteiger partial charge is 0.292 e. The molecule has 5 rings (SSSR count). The molecule has 172 valence electrons. The number of nitrogens with one attached hydrogen (secondary N) is 2. The molecule has 5 heterocycles. The largest absolute Gasteiger partial charge is 0.368 e. The van der Waals surface area contributed by atoms with Crippen LogP contribution in [0.2, 0.25) is 0 Å². The minimum atomic E-state index is -0.412.